The lowest BCUT2D eigenvalue weighted by atomic mass is 10.2. The molecule has 0 unspecified atom stereocenters. The molecular formula is C12H11ClF3NO3S. The van der Waals surface area contributed by atoms with Crippen LogP contribution in [0.2, 0.25) is 5.02 Å². The normalized spacial score (nSPS) is 12.0. The molecule has 0 saturated heterocycles. The molecule has 0 aromatic heterocycles. The largest absolute Gasteiger partial charge is 0.416 e. The van der Waals surface area contributed by atoms with Crippen LogP contribution in [0.1, 0.15) is 12.0 Å². The standard InChI is InChI=1S/C12H11ClF3NO3S/c1-2-21(19,20)6-5-11(18)17-10-7-8(12(14,15)16)3-4-9(10)13/h2-4,7H,1,5-6H2,(H,17,18). The topological polar surface area (TPSA) is 63.2 Å². The van der Waals surface area contributed by atoms with Crippen LogP contribution in [0, 0.1) is 0 Å². The maximum atomic E-state index is 12.5. The van der Waals surface area contributed by atoms with E-state index in [0.717, 1.165) is 12.1 Å². The second kappa shape index (κ2) is 6.48. The van der Waals surface area contributed by atoms with Gasteiger partial charge in [0, 0.05) is 11.8 Å². The van der Waals surface area contributed by atoms with Crippen molar-refractivity contribution in [3.05, 3.63) is 40.8 Å². The number of nitrogens with one attached hydrogen (secondary N) is 1. The summed E-state index contributed by atoms with van der Waals surface area (Å²) < 4.78 is 59.9. The molecule has 0 heterocycles. The molecule has 0 aliphatic rings. The summed E-state index contributed by atoms with van der Waals surface area (Å²) in [5.41, 5.74) is -1.20. The molecule has 1 rings (SSSR count). The van der Waals surface area contributed by atoms with E-state index in [0.29, 0.717) is 11.5 Å². The molecule has 0 bridgehead atoms. The van der Waals surface area contributed by atoms with E-state index in [-0.39, 0.29) is 10.7 Å². The van der Waals surface area contributed by atoms with Crippen LogP contribution in [0.4, 0.5) is 18.9 Å². The number of amides is 1. The molecule has 4 nitrogen and oxygen atoms in total. The van der Waals surface area contributed by atoms with Crippen LogP contribution in [0.5, 0.6) is 0 Å². The minimum absolute atomic E-state index is 0.0806. The fourth-order valence-electron chi connectivity index (χ4n) is 1.33. The molecule has 0 fully saturated rings. The Morgan fingerprint density at radius 1 is 1.38 bits per heavy atom. The first-order valence-electron chi connectivity index (χ1n) is 5.57. The number of rotatable bonds is 5. The zero-order valence-electron chi connectivity index (χ0n) is 10.6. The summed E-state index contributed by atoms with van der Waals surface area (Å²) in [6, 6.07) is 2.46. The SMILES string of the molecule is C=CS(=O)(=O)CCC(=O)Nc1cc(C(F)(F)F)ccc1Cl. The van der Waals surface area contributed by atoms with Crippen LogP contribution < -0.4 is 5.32 Å². The number of anilines is 1. The predicted molar refractivity (Wildman–Crippen MR) is 73.7 cm³/mol. The summed E-state index contributed by atoms with van der Waals surface area (Å²) in [4.78, 5) is 11.5. The molecule has 0 aliphatic heterocycles. The van der Waals surface area contributed by atoms with E-state index in [4.69, 9.17) is 11.6 Å². The smallest absolute Gasteiger partial charge is 0.325 e. The number of carbonyl (C=O) groups excluding carboxylic acids is 1. The molecule has 1 aromatic carbocycles. The first-order valence-corrected chi connectivity index (χ1v) is 7.66. The minimum Gasteiger partial charge on any atom is -0.325 e. The third-order valence-corrected chi connectivity index (χ3v) is 4.05. The highest BCUT2D eigenvalue weighted by Gasteiger charge is 2.31. The molecule has 116 valence electrons. The molecule has 0 aliphatic carbocycles. The van der Waals surface area contributed by atoms with E-state index < -0.39 is 39.7 Å². The number of benzene rings is 1. The van der Waals surface area contributed by atoms with Gasteiger partial charge in [0.1, 0.15) is 0 Å². The maximum Gasteiger partial charge on any atom is 0.416 e. The van der Waals surface area contributed by atoms with Gasteiger partial charge in [-0.05, 0) is 18.2 Å². The Kier molecular flexibility index (Phi) is 5.41. The van der Waals surface area contributed by atoms with Crippen molar-refractivity contribution in [2.75, 3.05) is 11.1 Å². The average molecular weight is 342 g/mol. The molecule has 21 heavy (non-hydrogen) atoms. The lowest BCUT2D eigenvalue weighted by molar-refractivity contribution is -0.137. The highest BCUT2D eigenvalue weighted by molar-refractivity contribution is 7.94. The van der Waals surface area contributed by atoms with Gasteiger partial charge in [-0.25, -0.2) is 8.42 Å². The fourth-order valence-corrected chi connectivity index (χ4v) is 2.13. The number of sulfone groups is 1. The van der Waals surface area contributed by atoms with Gasteiger partial charge in [-0.2, -0.15) is 13.2 Å². The lowest BCUT2D eigenvalue weighted by Gasteiger charge is -2.11. The molecular weight excluding hydrogens is 331 g/mol. The molecule has 1 N–H and O–H groups in total. The van der Waals surface area contributed by atoms with Crippen LogP contribution in [-0.2, 0) is 20.8 Å². The Morgan fingerprint density at radius 3 is 2.52 bits per heavy atom. The highest BCUT2D eigenvalue weighted by atomic mass is 35.5. The van der Waals surface area contributed by atoms with Gasteiger partial charge >= 0.3 is 6.18 Å². The maximum absolute atomic E-state index is 12.5. The molecule has 1 amide bonds. The van der Waals surface area contributed by atoms with Gasteiger partial charge in [-0.1, -0.05) is 18.2 Å². The number of halogens is 4. The molecule has 0 spiro atoms. The van der Waals surface area contributed by atoms with Crippen LogP contribution in [0.3, 0.4) is 0 Å². The first-order chi connectivity index (χ1) is 9.55. The van der Waals surface area contributed by atoms with Gasteiger partial charge in [-0.15, -0.1) is 0 Å². The van der Waals surface area contributed by atoms with Crippen molar-refractivity contribution in [1.29, 1.82) is 0 Å². The summed E-state index contributed by atoms with van der Waals surface area (Å²) in [7, 11) is -3.56. The van der Waals surface area contributed by atoms with E-state index >= 15 is 0 Å². The van der Waals surface area contributed by atoms with Crippen molar-refractivity contribution >= 4 is 33.0 Å². The van der Waals surface area contributed by atoms with E-state index in [9.17, 15) is 26.4 Å². The third-order valence-electron chi connectivity index (χ3n) is 2.44. The molecule has 0 atom stereocenters. The summed E-state index contributed by atoms with van der Waals surface area (Å²) in [5.74, 6) is -1.25. The Morgan fingerprint density at radius 2 is 2.00 bits per heavy atom. The van der Waals surface area contributed by atoms with E-state index in [1.165, 1.54) is 0 Å². The van der Waals surface area contributed by atoms with Crippen LogP contribution >= 0.6 is 11.6 Å². The second-order valence-electron chi connectivity index (χ2n) is 4.02. The Balaban J connectivity index is 2.83. The van der Waals surface area contributed by atoms with E-state index in [1.54, 1.807) is 0 Å². The predicted octanol–water partition coefficient (Wildman–Crippen LogP) is 3.25. The molecule has 0 saturated carbocycles. The van der Waals surface area contributed by atoms with Crippen LogP contribution in [0.25, 0.3) is 0 Å². The van der Waals surface area contributed by atoms with E-state index in [1.807, 2.05) is 0 Å². The van der Waals surface area contributed by atoms with Crippen LogP contribution in [0.15, 0.2) is 30.2 Å². The van der Waals surface area contributed by atoms with Crippen molar-refractivity contribution in [3.8, 4) is 0 Å². The first kappa shape index (κ1) is 17.5. The Hall–Kier alpha value is -1.54. The average Bonchev–Trinajstić information content (AvgIpc) is 2.38. The number of hydrogen-bond donors (Lipinski definition) is 1. The van der Waals surface area contributed by atoms with Gasteiger partial charge in [0.15, 0.2) is 9.84 Å². The Bertz CT molecular complexity index is 656. The minimum atomic E-state index is -4.57. The highest BCUT2D eigenvalue weighted by Crippen LogP contribution is 2.33. The second-order valence-corrected chi connectivity index (χ2v) is 6.50. The van der Waals surface area contributed by atoms with Crippen molar-refractivity contribution in [2.45, 2.75) is 12.6 Å². The van der Waals surface area contributed by atoms with Crippen molar-refractivity contribution in [2.24, 2.45) is 0 Å². The zero-order valence-corrected chi connectivity index (χ0v) is 12.1. The number of alkyl halides is 3. The van der Waals surface area contributed by atoms with Gasteiger partial charge < -0.3 is 5.32 Å². The summed E-state index contributed by atoms with van der Waals surface area (Å²) >= 11 is 5.69. The van der Waals surface area contributed by atoms with Gasteiger partial charge in [0.05, 0.1) is 22.0 Å². The third kappa shape index (κ3) is 5.39. The van der Waals surface area contributed by atoms with Crippen molar-refractivity contribution < 1.29 is 26.4 Å². The van der Waals surface area contributed by atoms with Gasteiger partial charge in [-0.3, -0.25) is 4.79 Å². The van der Waals surface area contributed by atoms with Gasteiger partial charge in [0.2, 0.25) is 5.91 Å². The van der Waals surface area contributed by atoms with E-state index in [2.05, 4.69) is 11.9 Å². The number of hydrogen-bond acceptors (Lipinski definition) is 3. The van der Waals surface area contributed by atoms with Crippen molar-refractivity contribution in [3.63, 3.8) is 0 Å². The molecule has 1 aromatic rings. The zero-order chi connectivity index (χ0) is 16.3. The lowest BCUT2D eigenvalue weighted by Crippen LogP contribution is -2.17. The quantitative estimate of drug-likeness (QED) is 0.894. The summed E-state index contributed by atoms with van der Waals surface area (Å²) in [6.45, 7) is 3.08. The fraction of sp³-hybridized carbons (Fsp3) is 0.250. The summed E-state index contributed by atoms with van der Waals surface area (Å²) in [5, 5.41) is 2.78. The summed E-state index contributed by atoms with van der Waals surface area (Å²) in [6.07, 6.45) is -4.99. The molecule has 0 radical (unpaired) electrons. The van der Waals surface area contributed by atoms with Gasteiger partial charge in [0.25, 0.3) is 0 Å². The molecule has 9 heteroatoms. The monoisotopic (exact) mass is 341 g/mol. The van der Waals surface area contributed by atoms with Crippen LogP contribution in [-0.4, -0.2) is 20.1 Å². The Labute approximate surface area is 124 Å². The van der Waals surface area contributed by atoms with Crippen molar-refractivity contribution in [1.82, 2.24) is 0 Å². The number of carbonyl (C=O) groups is 1.